The lowest BCUT2D eigenvalue weighted by Gasteiger charge is -2.33. The van der Waals surface area contributed by atoms with E-state index in [0.29, 0.717) is 18.2 Å². The van der Waals surface area contributed by atoms with Gasteiger partial charge in [-0.1, -0.05) is 6.07 Å². The van der Waals surface area contributed by atoms with Gasteiger partial charge in [0.15, 0.2) is 0 Å². The first-order valence-corrected chi connectivity index (χ1v) is 13.5. The molecule has 1 atom stereocenters. The molecule has 4 N–H and O–H groups in total. The first-order valence-electron chi connectivity index (χ1n) is 13.5. The van der Waals surface area contributed by atoms with Crippen LogP contribution in [0, 0.1) is 13.8 Å². The van der Waals surface area contributed by atoms with Gasteiger partial charge in [0.1, 0.15) is 12.4 Å². The molecule has 1 saturated heterocycles. The molecule has 198 valence electrons. The van der Waals surface area contributed by atoms with Crippen molar-refractivity contribution in [3.8, 4) is 5.75 Å². The fraction of sp³-hybridized carbons (Fsp3) is 0.500. The number of anilines is 1. The molecule has 7 nitrogen and oxygen atoms in total. The van der Waals surface area contributed by atoms with Crippen LogP contribution in [0.2, 0.25) is 0 Å². The number of aromatic nitrogens is 1. The summed E-state index contributed by atoms with van der Waals surface area (Å²) in [5.74, 6) is 0.595. The Hall–Kier alpha value is -2.87. The SMILES string of the molecule is Cc1c(CNC2CCC(C)(O)CC2)[nH]c2c(C)c(NC(=O)c3ccc(OC[C@@H]4CCCO4)cc3)ccc12. The lowest BCUT2D eigenvalue weighted by molar-refractivity contribution is 0.0140. The van der Waals surface area contributed by atoms with E-state index < -0.39 is 5.60 Å². The molecule has 0 radical (unpaired) electrons. The van der Waals surface area contributed by atoms with Crippen molar-refractivity contribution in [2.24, 2.45) is 0 Å². The van der Waals surface area contributed by atoms with Crippen molar-refractivity contribution < 1.29 is 19.4 Å². The molecule has 2 heterocycles. The zero-order valence-corrected chi connectivity index (χ0v) is 22.2. The van der Waals surface area contributed by atoms with Crippen LogP contribution >= 0.6 is 0 Å². The number of carbonyl (C=O) groups is 1. The Labute approximate surface area is 218 Å². The minimum Gasteiger partial charge on any atom is -0.491 e. The van der Waals surface area contributed by atoms with Gasteiger partial charge in [0, 0.05) is 41.5 Å². The topological polar surface area (TPSA) is 95.6 Å². The van der Waals surface area contributed by atoms with E-state index in [9.17, 15) is 9.90 Å². The molecule has 1 aromatic heterocycles. The van der Waals surface area contributed by atoms with Crippen LogP contribution in [0.3, 0.4) is 0 Å². The number of aryl methyl sites for hydroxylation is 2. The monoisotopic (exact) mass is 505 g/mol. The molecule has 0 bridgehead atoms. The highest BCUT2D eigenvalue weighted by Gasteiger charge is 2.28. The standard InChI is InChI=1S/C30H39N3O4/c1-19-25-10-11-26(20(2)28(25)32-27(19)17-31-22-12-14-30(3,35)15-13-22)33-29(34)21-6-8-23(9-7-21)37-18-24-5-4-16-36-24/h6-11,22,24,31-32,35H,4-5,12-18H2,1-3H3,(H,33,34)/t22?,24-,30?/m0/s1. The zero-order chi connectivity index (χ0) is 26.0. The van der Waals surface area contributed by atoms with Gasteiger partial charge < -0.3 is 30.2 Å². The van der Waals surface area contributed by atoms with E-state index in [1.54, 1.807) is 12.1 Å². The largest absolute Gasteiger partial charge is 0.491 e. The smallest absolute Gasteiger partial charge is 0.255 e. The third kappa shape index (κ3) is 6.00. The number of benzene rings is 2. The number of hydrogen-bond acceptors (Lipinski definition) is 5. The van der Waals surface area contributed by atoms with Crippen LogP contribution in [0.1, 0.15) is 72.6 Å². The fourth-order valence-electron chi connectivity index (χ4n) is 5.46. The number of H-pyrrole nitrogens is 1. The van der Waals surface area contributed by atoms with Gasteiger partial charge in [-0.3, -0.25) is 4.79 Å². The number of fused-ring (bicyclic) bond motifs is 1. The summed E-state index contributed by atoms with van der Waals surface area (Å²) in [7, 11) is 0. The van der Waals surface area contributed by atoms with Crippen molar-refractivity contribution in [1.29, 1.82) is 0 Å². The minimum atomic E-state index is -0.520. The predicted octanol–water partition coefficient (Wildman–Crippen LogP) is 5.38. The Kier molecular flexibility index (Phi) is 7.56. The highest BCUT2D eigenvalue weighted by Crippen LogP contribution is 2.31. The Bertz CT molecular complexity index is 1230. The summed E-state index contributed by atoms with van der Waals surface area (Å²) in [6, 6.07) is 11.7. The summed E-state index contributed by atoms with van der Waals surface area (Å²) in [6.45, 7) is 8.22. The molecule has 5 rings (SSSR count). The van der Waals surface area contributed by atoms with Crippen LogP contribution in [0.15, 0.2) is 36.4 Å². The van der Waals surface area contributed by atoms with Crippen molar-refractivity contribution in [2.75, 3.05) is 18.5 Å². The lowest BCUT2D eigenvalue weighted by Crippen LogP contribution is -2.39. The first-order chi connectivity index (χ1) is 17.8. The first kappa shape index (κ1) is 25.8. The molecule has 2 fully saturated rings. The molecule has 3 aromatic rings. The minimum absolute atomic E-state index is 0.147. The van der Waals surface area contributed by atoms with Gasteiger partial charge in [0.05, 0.1) is 17.2 Å². The second-order valence-electron chi connectivity index (χ2n) is 11.0. The van der Waals surface area contributed by atoms with Crippen molar-refractivity contribution in [3.63, 3.8) is 0 Å². The van der Waals surface area contributed by atoms with E-state index >= 15 is 0 Å². The lowest BCUT2D eigenvalue weighted by atomic mass is 9.83. The molecular formula is C30H39N3O4. The number of rotatable bonds is 8. The Balaban J connectivity index is 1.21. The van der Waals surface area contributed by atoms with Gasteiger partial charge in [0.25, 0.3) is 5.91 Å². The highest BCUT2D eigenvalue weighted by molar-refractivity contribution is 6.06. The summed E-state index contributed by atoms with van der Waals surface area (Å²) in [6.07, 6.45) is 5.94. The van der Waals surface area contributed by atoms with Crippen LogP contribution in [0.25, 0.3) is 10.9 Å². The van der Waals surface area contributed by atoms with Crippen LogP contribution in [0.4, 0.5) is 5.69 Å². The van der Waals surface area contributed by atoms with E-state index in [0.717, 1.165) is 79.9 Å². The van der Waals surface area contributed by atoms with Crippen molar-refractivity contribution in [3.05, 3.63) is 58.8 Å². The number of carbonyl (C=O) groups excluding carboxylic acids is 1. The summed E-state index contributed by atoms with van der Waals surface area (Å²) in [4.78, 5) is 16.6. The number of amides is 1. The van der Waals surface area contributed by atoms with Gasteiger partial charge in [0.2, 0.25) is 0 Å². The zero-order valence-electron chi connectivity index (χ0n) is 22.2. The molecule has 1 amide bonds. The number of aliphatic hydroxyl groups is 1. The Morgan fingerprint density at radius 3 is 2.57 bits per heavy atom. The van der Waals surface area contributed by atoms with Crippen molar-refractivity contribution in [2.45, 2.75) is 83.6 Å². The van der Waals surface area contributed by atoms with Gasteiger partial charge in [-0.25, -0.2) is 0 Å². The van der Waals surface area contributed by atoms with Crippen molar-refractivity contribution in [1.82, 2.24) is 10.3 Å². The molecule has 1 aliphatic carbocycles. The highest BCUT2D eigenvalue weighted by atomic mass is 16.5. The summed E-state index contributed by atoms with van der Waals surface area (Å²) >= 11 is 0. The molecule has 0 spiro atoms. The van der Waals surface area contributed by atoms with Crippen LogP contribution < -0.4 is 15.4 Å². The molecule has 0 unspecified atom stereocenters. The summed E-state index contributed by atoms with van der Waals surface area (Å²) in [5.41, 5.74) is 5.33. The number of aromatic amines is 1. The third-order valence-electron chi connectivity index (χ3n) is 8.05. The Morgan fingerprint density at radius 1 is 1.11 bits per heavy atom. The second-order valence-corrected chi connectivity index (χ2v) is 11.0. The maximum absolute atomic E-state index is 13.0. The van der Waals surface area contributed by atoms with Crippen LogP contribution in [0.5, 0.6) is 5.75 Å². The Morgan fingerprint density at radius 2 is 1.86 bits per heavy atom. The maximum atomic E-state index is 13.0. The van der Waals surface area contributed by atoms with Crippen molar-refractivity contribution >= 4 is 22.5 Å². The summed E-state index contributed by atoms with van der Waals surface area (Å²) < 4.78 is 11.4. The van der Waals surface area contributed by atoms with E-state index in [-0.39, 0.29) is 12.0 Å². The van der Waals surface area contributed by atoms with E-state index in [4.69, 9.17) is 9.47 Å². The molecule has 1 aliphatic heterocycles. The number of ether oxygens (including phenoxy) is 2. The van der Waals surface area contributed by atoms with Crippen LogP contribution in [-0.4, -0.2) is 47.0 Å². The fourth-order valence-corrected chi connectivity index (χ4v) is 5.46. The second kappa shape index (κ2) is 10.9. The van der Waals surface area contributed by atoms with E-state index in [1.165, 1.54) is 10.9 Å². The average Bonchev–Trinajstić information content (AvgIpc) is 3.52. The molecule has 37 heavy (non-hydrogen) atoms. The molecule has 7 heteroatoms. The molecule has 2 aromatic carbocycles. The summed E-state index contributed by atoms with van der Waals surface area (Å²) in [5, 5.41) is 18.1. The predicted molar refractivity (Wildman–Crippen MR) is 146 cm³/mol. The van der Waals surface area contributed by atoms with Gasteiger partial charge in [-0.2, -0.15) is 0 Å². The quantitative estimate of drug-likeness (QED) is 0.330. The number of hydrogen-bond donors (Lipinski definition) is 4. The van der Waals surface area contributed by atoms with Gasteiger partial charge in [-0.15, -0.1) is 0 Å². The van der Waals surface area contributed by atoms with Gasteiger partial charge in [-0.05, 0) is 101 Å². The molecule has 1 saturated carbocycles. The van der Waals surface area contributed by atoms with Gasteiger partial charge >= 0.3 is 0 Å². The van der Waals surface area contributed by atoms with E-state index in [1.807, 2.05) is 32.0 Å². The average molecular weight is 506 g/mol. The van der Waals surface area contributed by atoms with Crippen LogP contribution in [-0.2, 0) is 11.3 Å². The number of nitrogens with one attached hydrogen (secondary N) is 3. The maximum Gasteiger partial charge on any atom is 0.255 e. The third-order valence-corrected chi connectivity index (χ3v) is 8.05. The van der Waals surface area contributed by atoms with E-state index in [2.05, 4.69) is 28.6 Å². The molecule has 2 aliphatic rings. The molecular weight excluding hydrogens is 466 g/mol. The normalized spacial score (nSPS) is 23.9.